The maximum atomic E-state index is 12.0. The smallest absolute Gasteiger partial charge is 0.235 e. The Labute approximate surface area is 121 Å². The lowest BCUT2D eigenvalue weighted by Crippen LogP contribution is -2.34. The van der Waals surface area contributed by atoms with Crippen molar-refractivity contribution in [3.8, 4) is 11.9 Å². The summed E-state index contributed by atoms with van der Waals surface area (Å²) < 4.78 is 5.10. The molecule has 0 bridgehead atoms. The fraction of sp³-hybridized carbons (Fsp3) is 0.429. The number of carbonyl (C=O) groups is 2. The molecule has 0 aliphatic carbocycles. The maximum Gasteiger partial charge on any atom is 0.235 e. The number of hydrogen-bond donors (Lipinski definition) is 1. The largest absolute Gasteiger partial charge is 0.480 e. The Bertz CT molecular complexity index is 667. The maximum absolute atomic E-state index is 12.0. The highest BCUT2D eigenvalue weighted by Crippen LogP contribution is 2.41. The van der Waals surface area contributed by atoms with E-state index < -0.39 is 5.41 Å². The van der Waals surface area contributed by atoms with Gasteiger partial charge in [0.15, 0.2) is 0 Å². The summed E-state index contributed by atoms with van der Waals surface area (Å²) in [6.07, 6.45) is 2.38. The number of nitrogens with one attached hydrogen (secondary N) is 1. The molecule has 1 spiro atoms. The van der Waals surface area contributed by atoms with Crippen LogP contribution in [0.5, 0.6) is 5.88 Å². The minimum Gasteiger partial charge on any atom is -0.480 e. The van der Waals surface area contributed by atoms with Gasteiger partial charge in [0.05, 0.1) is 18.2 Å². The first-order chi connectivity index (χ1) is 10.1. The molecule has 1 atom stereocenters. The summed E-state index contributed by atoms with van der Waals surface area (Å²) in [4.78, 5) is 29.4. The van der Waals surface area contributed by atoms with Crippen LogP contribution < -0.4 is 15.0 Å². The normalized spacial score (nSPS) is 24.3. The summed E-state index contributed by atoms with van der Waals surface area (Å²) in [5, 5.41) is 11.7. The number of ether oxygens (including phenoxy) is 1. The first-order valence-corrected chi connectivity index (χ1v) is 6.62. The Hall–Kier alpha value is -2.62. The summed E-state index contributed by atoms with van der Waals surface area (Å²) >= 11 is 0. The van der Waals surface area contributed by atoms with Gasteiger partial charge in [-0.25, -0.2) is 4.98 Å². The minimum absolute atomic E-state index is 0.213. The van der Waals surface area contributed by atoms with Crippen LogP contribution in [0.25, 0.3) is 0 Å². The van der Waals surface area contributed by atoms with Crippen molar-refractivity contribution in [2.75, 3.05) is 25.1 Å². The molecule has 1 N–H and O–H groups in total. The molecule has 3 heterocycles. The van der Waals surface area contributed by atoms with Gasteiger partial charge in [0.1, 0.15) is 11.6 Å². The van der Waals surface area contributed by atoms with Gasteiger partial charge in [0.2, 0.25) is 17.7 Å². The third-order valence-electron chi connectivity index (χ3n) is 4.13. The van der Waals surface area contributed by atoms with E-state index in [-0.39, 0.29) is 24.1 Å². The number of anilines is 1. The van der Waals surface area contributed by atoms with Gasteiger partial charge in [-0.05, 0) is 12.5 Å². The highest BCUT2D eigenvalue weighted by atomic mass is 16.5. The number of nitrogens with zero attached hydrogens (tertiary/aromatic N) is 3. The number of hydrogen-bond acceptors (Lipinski definition) is 6. The van der Waals surface area contributed by atoms with Gasteiger partial charge in [0, 0.05) is 25.7 Å². The van der Waals surface area contributed by atoms with Crippen LogP contribution in [0.1, 0.15) is 18.4 Å². The van der Waals surface area contributed by atoms with Gasteiger partial charge >= 0.3 is 0 Å². The molecule has 2 fully saturated rings. The monoisotopic (exact) mass is 286 g/mol. The first-order valence-electron chi connectivity index (χ1n) is 6.62. The van der Waals surface area contributed by atoms with Gasteiger partial charge in [-0.2, -0.15) is 5.26 Å². The Morgan fingerprint density at radius 3 is 2.95 bits per heavy atom. The van der Waals surface area contributed by atoms with E-state index in [1.807, 2.05) is 4.90 Å². The molecule has 108 valence electrons. The molecule has 21 heavy (non-hydrogen) atoms. The molecule has 0 unspecified atom stereocenters. The Morgan fingerprint density at radius 2 is 2.33 bits per heavy atom. The second kappa shape index (κ2) is 4.74. The Kier molecular flexibility index (Phi) is 3.01. The van der Waals surface area contributed by atoms with Crippen molar-refractivity contribution in [3.63, 3.8) is 0 Å². The molecule has 2 aliphatic rings. The summed E-state index contributed by atoms with van der Waals surface area (Å²) in [5.41, 5.74) is 0.371. The predicted octanol–water partition coefficient (Wildman–Crippen LogP) is 0.205. The zero-order valence-electron chi connectivity index (χ0n) is 11.5. The van der Waals surface area contributed by atoms with Crippen LogP contribution >= 0.6 is 0 Å². The molecule has 2 amide bonds. The molecule has 1 aromatic heterocycles. The molecule has 2 aliphatic heterocycles. The summed E-state index contributed by atoms with van der Waals surface area (Å²) in [6, 6.07) is 3.83. The van der Waals surface area contributed by atoms with Crippen molar-refractivity contribution >= 4 is 17.5 Å². The lowest BCUT2D eigenvalue weighted by atomic mass is 9.85. The van der Waals surface area contributed by atoms with Crippen LogP contribution in [0.3, 0.4) is 0 Å². The minimum atomic E-state index is -0.666. The number of nitriles is 1. The molecule has 7 heteroatoms. The van der Waals surface area contributed by atoms with E-state index in [2.05, 4.69) is 16.4 Å². The van der Waals surface area contributed by atoms with E-state index in [4.69, 9.17) is 4.74 Å². The molecular weight excluding hydrogens is 272 g/mol. The molecule has 3 rings (SSSR count). The highest BCUT2D eigenvalue weighted by molar-refractivity contribution is 6.06. The van der Waals surface area contributed by atoms with Gasteiger partial charge in [-0.3, -0.25) is 14.9 Å². The van der Waals surface area contributed by atoms with Crippen molar-refractivity contribution in [3.05, 3.63) is 17.8 Å². The van der Waals surface area contributed by atoms with Gasteiger partial charge in [-0.15, -0.1) is 0 Å². The third-order valence-corrected chi connectivity index (χ3v) is 4.13. The van der Waals surface area contributed by atoms with E-state index >= 15 is 0 Å². The lowest BCUT2D eigenvalue weighted by molar-refractivity contribution is -0.127. The summed E-state index contributed by atoms with van der Waals surface area (Å²) in [6.45, 7) is 1.04. The molecule has 1 aromatic rings. The summed E-state index contributed by atoms with van der Waals surface area (Å²) in [5.74, 6) is -0.174. The molecule has 7 nitrogen and oxygen atoms in total. The molecule has 0 aromatic carbocycles. The average Bonchev–Trinajstić information content (AvgIpc) is 3.02. The fourth-order valence-electron chi connectivity index (χ4n) is 3.06. The van der Waals surface area contributed by atoms with Gasteiger partial charge in [0.25, 0.3) is 0 Å². The van der Waals surface area contributed by atoms with E-state index in [0.717, 1.165) is 0 Å². The first kappa shape index (κ1) is 13.4. The predicted molar refractivity (Wildman–Crippen MR) is 72.5 cm³/mol. The van der Waals surface area contributed by atoms with E-state index in [9.17, 15) is 14.9 Å². The van der Waals surface area contributed by atoms with Crippen molar-refractivity contribution in [1.82, 2.24) is 10.3 Å². The van der Waals surface area contributed by atoms with Crippen molar-refractivity contribution < 1.29 is 14.3 Å². The molecule has 0 saturated carbocycles. The average molecular weight is 286 g/mol. The van der Waals surface area contributed by atoms with Crippen LogP contribution in [-0.4, -0.2) is 37.0 Å². The Balaban J connectivity index is 1.93. The lowest BCUT2D eigenvalue weighted by Gasteiger charge is -2.23. The van der Waals surface area contributed by atoms with Gasteiger partial charge < -0.3 is 9.64 Å². The van der Waals surface area contributed by atoms with E-state index in [1.165, 1.54) is 7.11 Å². The van der Waals surface area contributed by atoms with Crippen LogP contribution in [-0.2, 0) is 9.59 Å². The second-order valence-corrected chi connectivity index (χ2v) is 5.33. The van der Waals surface area contributed by atoms with Crippen LogP contribution in [0, 0.1) is 16.7 Å². The Morgan fingerprint density at radius 1 is 1.52 bits per heavy atom. The van der Waals surface area contributed by atoms with Crippen molar-refractivity contribution in [2.24, 2.45) is 5.41 Å². The SMILES string of the molecule is COc1nccc(N2CC[C@]3(CC(=O)NC3=O)C2)c1C#N. The number of carbonyl (C=O) groups excluding carboxylic acids is 2. The molecular formula is C14H14N4O3. The van der Waals surface area contributed by atoms with Crippen molar-refractivity contribution in [2.45, 2.75) is 12.8 Å². The number of aromatic nitrogens is 1. The van der Waals surface area contributed by atoms with Crippen LogP contribution in [0.15, 0.2) is 12.3 Å². The van der Waals surface area contributed by atoms with Crippen LogP contribution in [0.2, 0.25) is 0 Å². The van der Waals surface area contributed by atoms with Crippen LogP contribution in [0.4, 0.5) is 5.69 Å². The standard InChI is InChI=1S/C14H14N4O3/c1-21-12-9(7-15)10(2-4-16-12)18-5-3-14(8-18)6-11(19)17-13(14)20/h2,4H,3,5-6,8H2,1H3,(H,17,19,20)/t14-/m0/s1. The molecule has 0 radical (unpaired) electrons. The van der Waals surface area contributed by atoms with Gasteiger partial charge in [-0.1, -0.05) is 0 Å². The number of amides is 2. The zero-order valence-corrected chi connectivity index (χ0v) is 11.5. The highest BCUT2D eigenvalue weighted by Gasteiger charge is 2.51. The zero-order chi connectivity index (χ0) is 15.0. The number of rotatable bonds is 2. The molecule has 2 saturated heterocycles. The quantitative estimate of drug-likeness (QED) is 0.781. The third kappa shape index (κ3) is 2.00. The van der Waals surface area contributed by atoms with Crippen molar-refractivity contribution in [1.29, 1.82) is 5.26 Å². The second-order valence-electron chi connectivity index (χ2n) is 5.33. The topological polar surface area (TPSA) is 95.3 Å². The van der Waals surface area contributed by atoms with E-state index in [0.29, 0.717) is 30.8 Å². The number of methoxy groups -OCH3 is 1. The number of imide groups is 1. The van der Waals surface area contributed by atoms with E-state index in [1.54, 1.807) is 12.3 Å². The fourth-order valence-corrected chi connectivity index (χ4v) is 3.06. The summed E-state index contributed by atoms with van der Waals surface area (Å²) in [7, 11) is 1.46. The number of pyridine rings is 1.